The zero-order valence-electron chi connectivity index (χ0n) is 22.7. The Balaban J connectivity index is 1.35. The second-order valence-corrected chi connectivity index (χ2v) is 11.5. The average molecular weight is 510 g/mol. The molecule has 3 N–H and O–H groups in total. The number of nitrogens with zero attached hydrogens (tertiary/aromatic N) is 6. The summed E-state index contributed by atoms with van der Waals surface area (Å²) in [5.41, 5.74) is 8.53. The Kier molecular flexibility index (Phi) is 6.03. The van der Waals surface area contributed by atoms with Crippen molar-refractivity contribution in [2.24, 2.45) is 5.41 Å². The number of pyridine rings is 3. The minimum absolute atomic E-state index is 0.137. The van der Waals surface area contributed by atoms with Crippen LogP contribution >= 0.6 is 0 Å². The molecule has 6 heterocycles. The fourth-order valence-electron chi connectivity index (χ4n) is 4.84. The number of hydrogen-bond acceptors (Lipinski definition) is 7. The summed E-state index contributed by atoms with van der Waals surface area (Å²) in [5.74, 6) is 0. The van der Waals surface area contributed by atoms with Gasteiger partial charge in [-0.3, -0.25) is 15.1 Å². The third-order valence-electron chi connectivity index (χ3n) is 7.75. The van der Waals surface area contributed by atoms with Gasteiger partial charge < -0.3 is 20.1 Å². The van der Waals surface area contributed by atoms with E-state index >= 15 is 0 Å². The van der Waals surface area contributed by atoms with E-state index in [9.17, 15) is 0 Å². The van der Waals surface area contributed by atoms with Crippen LogP contribution in [0.5, 0.6) is 0 Å². The molecule has 0 saturated carbocycles. The lowest BCUT2D eigenvalue weighted by molar-refractivity contribution is 0.313. The van der Waals surface area contributed by atoms with Crippen molar-refractivity contribution in [2.45, 2.75) is 33.7 Å². The molecule has 1 atom stereocenters. The van der Waals surface area contributed by atoms with E-state index in [0.717, 1.165) is 82.1 Å². The molecule has 0 spiro atoms. The summed E-state index contributed by atoms with van der Waals surface area (Å²) in [5, 5.41) is 12.5. The van der Waals surface area contributed by atoms with Gasteiger partial charge in [0.25, 0.3) is 0 Å². The molecule has 0 aliphatic carbocycles. The summed E-state index contributed by atoms with van der Waals surface area (Å²) < 4.78 is 0. The van der Waals surface area contributed by atoms with Crippen LogP contribution in [0.25, 0.3) is 44.6 Å². The Morgan fingerprint density at radius 1 is 0.947 bits per heavy atom. The van der Waals surface area contributed by atoms with Crippen LogP contribution in [0, 0.1) is 5.41 Å². The number of aromatic nitrogens is 6. The molecule has 5 aromatic heterocycles. The molecule has 1 fully saturated rings. The lowest BCUT2D eigenvalue weighted by Gasteiger charge is -2.34. The molecule has 0 amide bonds. The SMILES string of the molecule is CC(Nc1cncc(-c2ccc3[nH]nc(-c4cc5c(N6CCN(C)CC6)cncc5[nH]4)c3n2)c1)C(C)(C)C. The summed E-state index contributed by atoms with van der Waals surface area (Å²) >= 11 is 0. The van der Waals surface area contributed by atoms with Crippen LogP contribution in [0.2, 0.25) is 0 Å². The molecule has 1 aliphatic rings. The molecular formula is C29H35N9. The van der Waals surface area contributed by atoms with Gasteiger partial charge in [0.05, 0.1) is 46.2 Å². The van der Waals surface area contributed by atoms with E-state index < -0.39 is 0 Å². The van der Waals surface area contributed by atoms with Gasteiger partial charge in [0, 0.05) is 55.6 Å². The number of aromatic amines is 2. The molecule has 9 heteroatoms. The van der Waals surface area contributed by atoms with Crippen LogP contribution in [0.4, 0.5) is 11.4 Å². The number of nitrogens with one attached hydrogen (secondary N) is 3. The number of fused-ring (bicyclic) bond motifs is 2. The van der Waals surface area contributed by atoms with Gasteiger partial charge in [0.1, 0.15) is 11.2 Å². The van der Waals surface area contributed by atoms with Gasteiger partial charge in [0.2, 0.25) is 0 Å². The fraction of sp³-hybridized carbons (Fsp3) is 0.379. The third-order valence-corrected chi connectivity index (χ3v) is 7.75. The first-order valence-corrected chi connectivity index (χ1v) is 13.2. The summed E-state index contributed by atoms with van der Waals surface area (Å²) in [6.45, 7) is 13.0. The number of rotatable bonds is 5. The molecule has 9 nitrogen and oxygen atoms in total. The minimum atomic E-state index is 0.137. The Morgan fingerprint density at radius 2 is 1.74 bits per heavy atom. The van der Waals surface area contributed by atoms with E-state index in [1.54, 1.807) is 0 Å². The average Bonchev–Trinajstić information content (AvgIpc) is 3.52. The zero-order chi connectivity index (χ0) is 26.4. The molecule has 1 saturated heterocycles. The number of hydrogen-bond donors (Lipinski definition) is 3. The minimum Gasteiger partial charge on any atom is -0.381 e. The van der Waals surface area contributed by atoms with Crippen molar-refractivity contribution >= 4 is 33.3 Å². The molecule has 0 aromatic carbocycles. The predicted octanol–water partition coefficient (Wildman–Crippen LogP) is 5.16. The largest absolute Gasteiger partial charge is 0.381 e. The molecule has 1 unspecified atom stereocenters. The molecule has 0 bridgehead atoms. The van der Waals surface area contributed by atoms with E-state index in [0.29, 0.717) is 6.04 Å². The smallest absolute Gasteiger partial charge is 0.135 e. The van der Waals surface area contributed by atoms with Crippen molar-refractivity contribution in [3.05, 3.63) is 49.1 Å². The van der Waals surface area contributed by atoms with E-state index in [1.165, 1.54) is 0 Å². The Hall–Kier alpha value is -3.98. The monoisotopic (exact) mass is 509 g/mol. The third kappa shape index (κ3) is 4.58. The lowest BCUT2D eigenvalue weighted by atomic mass is 9.88. The van der Waals surface area contributed by atoms with E-state index in [2.05, 4.69) is 87.1 Å². The molecule has 6 rings (SSSR count). The second-order valence-electron chi connectivity index (χ2n) is 11.5. The van der Waals surface area contributed by atoms with E-state index in [-0.39, 0.29) is 5.41 Å². The van der Waals surface area contributed by atoms with Gasteiger partial charge in [-0.1, -0.05) is 20.8 Å². The first-order valence-electron chi connectivity index (χ1n) is 13.2. The van der Waals surface area contributed by atoms with Crippen LogP contribution in [-0.4, -0.2) is 74.3 Å². The van der Waals surface area contributed by atoms with Gasteiger partial charge in [-0.25, -0.2) is 4.98 Å². The maximum Gasteiger partial charge on any atom is 0.135 e. The van der Waals surface area contributed by atoms with Gasteiger partial charge in [-0.15, -0.1) is 0 Å². The van der Waals surface area contributed by atoms with Gasteiger partial charge >= 0.3 is 0 Å². The maximum absolute atomic E-state index is 5.03. The van der Waals surface area contributed by atoms with Crippen LogP contribution < -0.4 is 10.2 Å². The highest BCUT2D eigenvalue weighted by Gasteiger charge is 2.21. The van der Waals surface area contributed by atoms with Gasteiger partial charge in [-0.05, 0) is 43.7 Å². The molecular weight excluding hydrogens is 474 g/mol. The molecule has 5 aromatic rings. The first-order chi connectivity index (χ1) is 18.3. The quantitative estimate of drug-likeness (QED) is 0.301. The zero-order valence-corrected chi connectivity index (χ0v) is 22.7. The molecule has 38 heavy (non-hydrogen) atoms. The number of anilines is 2. The first kappa shape index (κ1) is 24.4. The lowest BCUT2D eigenvalue weighted by Crippen LogP contribution is -2.44. The molecule has 1 aliphatic heterocycles. The Bertz CT molecular complexity index is 1590. The van der Waals surface area contributed by atoms with Crippen LogP contribution in [-0.2, 0) is 0 Å². The summed E-state index contributed by atoms with van der Waals surface area (Å²) in [6, 6.07) is 8.63. The van der Waals surface area contributed by atoms with Crippen molar-refractivity contribution in [3.8, 4) is 22.6 Å². The van der Waals surface area contributed by atoms with E-state index in [4.69, 9.17) is 4.98 Å². The second kappa shape index (κ2) is 9.40. The Labute approximate surface area is 222 Å². The van der Waals surface area contributed by atoms with Crippen LogP contribution in [0.1, 0.15) is 27.7 Å². The van der Waals surface area contributed by atoms with Crippen molar-refractivity contribution in [3.63, 3.8) is 0 Å². The maximum atomic E-state index is 5.03. The standard InChI is InChI=1S/C29H35N9/c1-18(29(2,3)4)32-20-12-19(14-30-15-20)22-6-7-23-27(34-22)28(36-35-23)24-13-21-25(33-24)16-31-17-26(21)38-10-8-37(5)9-11-38/h6-7,12-18,32-33H,8-11H2,1-5H3,(H,35,36). The highest BCUT2D eigenvalue weighted by atomic mass is 15.3. The molecule has 0 radical (unpaired) electrons. The topological polar surface area (TPSA) is 102 Å². The highest BCUT2D eigenvalue weighted by molar-refractivity contribution is 5.98. The number of likely N-dealkylation sites (N-methyl/N-ethyl adjacent to an activating group) is 1. The summed E-state index contributed by atoms with van der Waals surface area (Å²) in [7, 11) is 2.17. The molecule has 196 valence electrons. The Morgan fingerprint density at radius 3 is 2.53 bits per heavy atom. The van der Waals surface area contributed by atoms with Crippen molar-refractivity contribution < 1.29 is 0 Å². The van der Waals surface area contributed by atoms with Gasteiger partial charge in [0.15, 0.2) is 0 Å². The number of H-pyrrole nitrogens is 2. The van der Waals surface area contributed by atoms with Crippen molar-refractivity contribution in [1.82, 2.24) is 35.0 Å². The highest BCUT2D eigenvalue weighted by Crippen LogP contribution is 2.33. The summed E-state index contributed by atoms with van der Waals surface area (Å²) in [4.78, 5) is 22.3. The van der Waals surface area contributed by atoms with E-state index in [1.807, 2.05) is 36.9 Å². The number of piperazine rings is 1. The van der Waals surface area contributed by atoms with Crippen LogP contribution in [0.3, 0.4) is 0 Å². The van der Waals surface area contributed by atoms with Gasteiger partial charge in [-0.2, -0.15) is 5.10 Å². The predicted molar refractivity (Wildman–Crippen MR) is 154 cm³/mol. The van der Waals surface area contributed by atoms with Crippen LogP contribution in [0.15, 0.2) is 49.1 Å². The normalized spacial score (nSPS) is 15.9. The summed E-state index contributed by atoms with van der Waals surface area (Å²) in [6.07, 6.45) is 7.58. The fourth-order valence-corrected chi connectivity index (χ4v) is 4.84. The van der Waals surface area contributed by atoms with Crippen molar-refractivity contribution in [1.29, 1.82) is 0 Å². The van der Waals surface area contributed by atoms with Crippen molar-refractivity contribution in [2.75, 3.05) is 43.4 Å².